The second kappa shape index (κ2) is 8.04. The first-order chi connectivity index (χ1) is 13.6. The maximum absolute atomic E-state index is 12.3. The zero-order valence-corrected chi connectivity index (χ0v) is 16.2. The third-order valence-electron chi connectivity index (χ3n) is 4.81. The number of nitrogens with zero attached hydrogens (tertiary/aromatic N) is 2. The Morgan fingerprint density at radius 2 is 1.96 bits per heavy atom. The number of hydrogen-bond donors (Lipinski definition) is 2. The Balaban J connectivity index is 1.49. The summed E-state index contributed by atoms with van der Waals surface area (Å²) in [5.74, 6) is 0.676. The lowest BCUT2D eigenvalue weighted by Crippen LogP contribution is -2.45. The third kappa shape index (κ3) is 3.88. The molecule has 2 N–H and O–H groups in total. The van der Waals surface area contributed by atoms with Gasteiger partial charge in [0.15, 0.2) is 0 Å². The van der Waals surface area contributed by atoms with Crippen molar-refractivity contribution in [1.29, 1.82) is 0 Å². The first-order valence-corrected chi connectivity index (χ1v) is 9.52. The number of rotatable bonds is 6. The van der Waals surface area contributed by atoms with Crippen molar-refractivity contribution in [2.75, 3.05) is 20.2 Å². The number of benzene rings is 2. The van der Waals surface area contributed by atoms with Gasteiger partial charge in [-0.05, 0) is 54.4 Å². The van der Waals surface area contributed by atoms with E-state index < -0.39 is 0 Å². The van der Waals surface area contributed by atoms with Gasteiger partial charge in [-0.3, -0.25) is 10.1 Å². The van der Waals surface area contributed by atoms with Crippen molar-refractivity contribution >= 4 is 17.5 Å². The molecule has 1 aliphatic rings. The fourth-order valence-electron chi connectivity index (χ4n) is 3.26. The molecule has 6 nitrogen and oxygen atoms in total. The smallest absolute Gasteiger partial charge is 0.269 e. The van der Waals surface area contributed by atoms with Crippen molar-refractivity contribution in [2.45, 2.75) is 12.6 Å². The Bertz CT molecular complexity index is 967. The molecule has 144 valence electrons. The van der Waals surface area contributed by atoms with Crippen molar-refractivity contribution in [3.8, 4) is 17.0 Å². The Kier molecular flexibility index (Phi) is 5.32. The van der Waals surface area contributed by atoms with E-state index in [0.717, 1.165) is 35.0 Å². The zero-order chi connectivity index (χ0) is 19.5. The van der Waals surface area contributed by atoms with E-state index >= 15 is 0 Å². The molecule has 3 aromatic rings. The highest BCUT2D eigenvalue weighted by molar-refractivity contribution is 6.30. The fraction of sp³-hybridized carbons (Fsp3) is 0.238. The normalized spacial score (nSPS) is 15.8. The van der Waals surface area contributed by atoms with Gasteiger partial charge in [-0.2, -0.15) is 5.10 Å². The summed E-state index contributed by atoms with van der Waals surface area (Å²) in [7, 11) is 1.63. The Morgan fingerprint density at radius 1 is 1.21 bits per heavy atom. The van der Waals surface area contributed by atoms with Crippen LogP contribution in [0.15, 0.2) is 54.6 Å². The summed E-state index contributed by atoms with van der Waals surface area (Å²) < 4.78 is 6.98. The van der Waals surface area contributed by atoms with Gasteiger partial charge in [0, 0.05) is 17.1 Å². The quantitative estimate of drug-likeness (QED) is 0.671. The second-order valence-electron chi connectivity index (χ2n) is 6.64. The molecule has 2 aromatic carbocycles. The number of halogens is 1. The summed E-state index contributed by atoms with van der Waals surface area (Å²) >= 11 is 5.93. The summed E-state index contributed by atoms with van der Waals surface area (Å²) in [5.41, 5.74) is 3.46. The van der Waals surface area contributed by atoms with Gasteiger partial charge in [0.1, 0.15) is 17.6 Å². The molecule has 1 atom stereocenters. The molecular formula is C21H21ClN4O2. The second-order valence-corrected chi connectivity index (χ2v) is 7.08. The topological polar surface area (TPSA) is 68.2 Å². The van der Waals surface area contributed by atoms with Crippen LogP contribution in [0.25, 0.3) is 11.3 Å². The van der Waals surface area contributed by atoms with E-state index in [1.807, 2.05) is 54.6 Å². The summed E-state index contributed by atoms with van der Waals surface area (Å²) in [6.07, 6.45) is 0.774. The molecule has 1 aromatic heterocycles. The van der Waals surface area contributed by atoms with Crippen LogP contribution in [0.5, 0.6) is 5.75 Å². The maximum Gasteiger partial charge on any atom is 0.269 e. The minimum absolute atomic E-state index is 0.0907. The average Bonchev–Trinajstić information content (AvgIpc) is 3.18. The van der Waals surface area contributed by atoms with Crippen molar-refractivity contribution in [3.05, 3.63) is 70.9 Å². The third-order valence-corrected chi connectivity index (χ3v) is 5.06. The molecule has 1 amide bonds. The van der Waals surface area contributed by atoms with Crippen LogP contribution in [0.4, 0.5) is 0 Å². The number of methoxy groups -OCH3 is 1. The summed E-state index contributed by atoms with van der Waals surface area (Å²) in [5, 5.41) is 11.8. The van der Waals surface area contributed by atoms with Gasteiger partial charge in [0.05, 0.1) is 19.3 Å². The highest BCUT2D eigenvalue weighted by atomic mass is 35.5. The van der Waals surface area contributed by atoms with Crippen LogP contribution in [-0.4, -0.2) is 35.9 Å². The Morgan fingerprint density at radius 3 is 2.68 bits per heavy atom. The number of carbonyl (C=O) groups is 1. The largest absolute Gasteiger partial charge is 0.497 e. The van der Waals surface area contributed by atoms with E-state index in [1.165, 1.54) is 5.56 Å². The monoisotopic (exact) mass is 396 g/mol. The molecular weight excluding hydrogens is 376 g/mol. The van der Waals surface area contributed by atoms with E-state index in [-0.39, 0.29) is 12.1 Å². The SMILES string of the molecule is COc1ccc(-c2cc3n(n2)[C@H](NCCc2ccc(Cl)cc2)CNC3=O)cc1. The lowest BCUT2D eigenvalue weighted by atomic mass is 10.1. The van der Waals surface area contributed by atoms with Gasteiger partial charge < -0.3 is 10.1 Å². The fourth-order valence-corrected chi connectivity index (χ4v) is 3.39. The first kappa shape index (κ1) is 18.5. The molecule has 4 rings (SSSR count). The number of nitrogens with one attached hydrogen (secondary N) is 2. The van der Waals surface area contributed by atoms with E-state index in [1.54, 1.807) is 11.8 Å². The molecule has 0 saturated carbocycles. The Hall–Kier alpha value is -2.83. The molecule has 2 heterocycles. The van der Waals surface area contributed by atoms with Crippen LogP contribution in [0, 0.1) is 0 Å². The van der Waals surface area contributed by atoms with Crippen molar-refractivity contribution in [2.24, 2.45) is 0 Å². The van der Waals surface area contributed by atoms with Crippen molar-refractivity contribution in [1.82, 2.24) is 20.4 Å². The average molecular weight is 397 g/mol. The highest BCUT2D eigenvalue weighted by Crippen LogP contribution is 2.24. The van der Waals surface area contributed by atoms with E-state index in [2.05, 4.69) is 15.7 Å². The highest BCUT2D eigenvalue weighted by Gasteiger charge is 2.27. The minimum Gasteiger partial charge on any atom is -0.497 e. The van der Waals surface area contributed by atoms with Crippen LogP contribution in [0.3, 0.4) is 0 Å². The minimum atomic E-state index is -0.108. The number of amides is 1. The van der Waals surface area contributed by atoms with E-state index in [9.17, 15) is 4.79 Å². The molecule has 1 aliphatic heterocycles. The summed E-state index contributed by atoms with van der Waals surface area (Å²) in [6.45, 7) is 1.26. The number of aromatic nitrogens is 2. The number of hydrogen-bond acceptors (Lipinski definition) is 4. The molecule has 0 saturated heterocycles. The number of ether oxygens (including phenoxy) is 1. The maximum atomic E-state index is 12.3. The molecule has 0 radical (unpaired) electrons. The van der Waals surface area contributed by atoms with Gasteiger partial charge in [-0.15, -0.1) is 0 Å². The van der Waals surface area contributed by atoms with Gasteiger partial charge in [-0.25, -0.2) is 4.68 Å². The Labute approximate surface area is 168 Å². The number of fused-ring (bicyclic) bond motifs is 1. The van der Waals surface area contributed by atoms with Crippen molar-refractivity contribution in [3.63, 3.8) is 0 Å². The lowest BCUT2D eigenvalue weighted by Gasteiger charge is -2.25. The van der Waals surface area contributed by atoms with Crippen LogP contribution in [-0.2, 0) is 6.42 Å². The van der Waals surface area contributed by atoms with Gasteiger partial charge >= 0.3 is 0 Å². The molecule has 7 heteroatoms. The van der Waals surface area contributed by atoms with Crippen LogP contribution in [0.1, 0.15) is 22.2 Å². The molecule has 0 unspecified atom stereocenters. The standard InChI is InChI=1S/C21H21ClN4O2/c1-28-17-8-4-15(5-9-17)18-12-19-21(27)24-13-20(26(19)25-18)23-11-10-14-2-6-16(22)7-3-14/h2-9,12,20,23H,10-11,13H2,1H3,(H,24,27)/t20-/m0/s1. The van der Waals surface area contributed by atoms with Gasteiger partial charge in [-0.1, -0.05) is 23.7 Å². The predicted molar refractivity (Wildman–Crippen MR) is 109 cm³/mol. The summed E-state index contributed by atoms with van der Waals surface area (Å²) in [4.78, 5) is 12.3. The molecule has 0 aliphatic carbocycles. The van der Waals surface area contributed by atoms with Gasteiger partial charge in [0.2, 0.25) is 0 Å². The predicted octanol–water partition coefficient (Wildman–Crippen LogP) is 3.29. The first-order valence-electron chi connectivity index (χ1n) is 9.14. The molecule has 0 fully saturated rings. The van der Waals surface area contributed by atoms with Crippen molar-refractivity contribution < 1.29 is 9.53 Å². The van der Waals surface area contributed by atoms with E-state index in [4.69, 9.17) is 16.3 Å². The van der Waals surface area contributed by atoms with Crippen LogP contribution < -0.4 is 15.4 Å². The zero-order valence-electron chi connectivity index (χ0n) is 15.5. The van der Waals surface area contributed by atoms with E-state index in [0.29, 0.717) is 12.2 Å². The number of carbonyl (C=O) groups excluding carboxylic acids is 1. The van der Waals surface area contributed by atoms with Crippen LogP contribution >= 0.6 is 11.6 Å². The molecule has 28 heavy (non-hydrogen) atoms. The molecule has 0 spiro atoms. The van der Waals surface area contributed by atoms with Gasteiger partial charge in [0.25, 0.3) is 5.91 Å². The lowest BCUT2D eigenvalue weighted by molar-refractivity contribution is 0.0901. The summed E-state index contributed by atoms with van der Waals surface area (Å²) in [6, 6.07) is 17.3. The van der Waals surface area contributed by atoms with Crippen LogP contribution in [0.2, 0.25) is 5.02 Å². The molecule has 0 bridgehead atoms.